The molecule has 2 amide bonds. The van der Waals surface area contributed by atoms with Gasteiger partial charge in [-0.1, -0.05) is 24.3 Å². The van der Waals surface area contributed by atoms with E-state index in [0.29, 0.717) is 17.7 Å². The molecule has 0 saturated carbocycles. The van der Waals surface area contributed by atoms with E-state index in [1.165, 1.54) is 0 Å². The molecule has 0 aliphatic carbocycles. The Bertz CT molecular complexity index is 768. The number of amides is 2. The molecule has 0 spiro atoms. The molecule has 1 aliphatic rings. The third kappa shape index (κ3) is 3.11. The molecule has 0 bridgehead atoms. The fourth-order valence-electron chi connectivity index (χ4n) is 2.91. The number of nitrogens with one attached hydrogen (secondary N) is 1. The summed E-state index contributed by atoms with van der Waals surface area (Å²) in [5.74, 6) is 0.0149. The van der Waals surface area contributed by atoms with E-state index in [2.05, 4.69) is 5.32 Å². The average Bonchev–Trinajstić information content (AvgIpc) is 2.95. The molecular formula is C19H20N2O2. The molecule has 4 nitrogen and oxygen atoms in total. The van der Waals surface area contributed by atoms with Gasteiger partial charge in [0.1, 0.15) is 0 Å². The minimum atomic E-state index is -0.134. The van der Waals surface area contributed by atoms with E-state index >= 15 is 0 Å². The average molecular weight is 308 g/mol. The minimum Gasteiger partial charge on any atom is -0.322 e. The lowest BCUT2D eigenvalue weighted by atomic mass is 10.1. The van der Waals surface area contributed by atoms with Gasteiger partial charge in [0, 0.05) is 29.9 Å². The quantitative estimate of drug-likeness (QED) is 0.940. The predicted octanol–water partition coefficient (Wildman–Crippen LogP) is 3.68. The molecule has 118 valence electrons. The maximum atomic E-state index is 12.4. The molecule has 23 heavy (non-hydrogen) atoms. The molecule has 4 heteroatoms. The van der Waals surface area contributed by atoms with Crippen LogP contribution in [0.2, 0.25) is 0 Å². The van der Waals surface area contributed by atoms with Crippen molar-refractivity contribution in [3.05, 3.63) is 59.2 Å². The smallest absolute Gasteiger partial charge is 0.255 e. The van der Waals surface area contributed by atoms with E-state index < -0.39 is 0 Å². The first-order valence-corrected chi connectivity index (χ1v) is 7.84. The first kappa shape index (κ1) is 15.3. The molecular weight excluding hydrogens is 288 g/mol. The second kappa shape index (κ2) is 6.24. The van der Waals surface area contributed by atoms with Crippen molar-refractivity contribution in [1.29, 1.82) is 0 Å². The van der Waals surface area contributed by atoms with Gasteiger partial charge in [-0.05, 0) is 49.6 Å². The first-order chi connectivity index (χ1) is 11.1. The van der Waals surface area contributed by atoms with Crippen LogP contribution in [-0.2, 0) is 4.79 Å². The monoisotopic (exact) mass is 308 g/mol. The van der Waals surface area contributed by atoms with E-state index in [1.807, 2.05) is 56.3 Å². The van der Waals surface area contributed by atoms with Gasteiger partial charge >= 0.3 is 0 Å². The van der Waals surface area contributed by atoms with Crippen LogP contribution in [0.4, 0.5) is 11.4 Å². The van der Waals surface area contributed by atoms with Gasteiger partial charge in [-0.25, -0.2) is 0 Å². The Labute approximate surface area is 136 Å². The van der Waals surface area contributed by atoms with Gasteiger partial charge in [0.25, 0.3) is 5.91 Å². The van der Waals surface area contributed by atoms with Crippen molar-refractivity contribution in [3.8, 4) is 0 Å². The van der Waals surface area contributed by atoms with Crippen molar-refractivity contribution < 1.29 is 9.59 Å². The second-order valence-electron chi connectivity index (χ2n) is 5.92. The number of hydrogen-bond donors (Lipinski definition) is 1. The fraction of sp³-hybridized carbons (Fsp3) is 0.263. The lowest BCUT2D eigenvalue weighted by Crippen LogP contribution is -2.24. The van der Waals surface area contributed by atoms with Gasteiger partial charge in [0.05, 0.1) is 0 Å². The Morgan fingerprint density at radius 3 is 2.57 bits per heavy atom. The highest BCUT2D eigenvalue weighted by Gasteiger charge is 2.23. The summed E-state index contributed by atoms with van der Waals surface area (Å²) < 4.78 is 0. The van der Waals surface area contributed by atoms with E-state index in [-0.39, 0.29) is 11.8 Å². The highest BCUT2D eigenvalue weighted by atomic mass is 16.2. The van der Waals surface area contributed by atoms with Crippen molar-refractivity contribution in [3.63, 3.8) is 0 Å². The first-order valence-electron chi connectivity index (χ1n) is 7.84. The van der Waals surface area contributed by atoms with Crippen LogP contribution < -0.4 is 10.2 Å². The Hall–Kier alpha value is -2.62. The van der Waals surface area contributed by atoms with Crippen molar-refractivity contribution in [2.24, 2.45) is 0 Å². The van der Waals surface area contributed by atoms with Crippen LogP contribution in [0.25, 0.3) is 0 Å². The predicted molar refractivity (Wildman–Crippen MR) is 91.9 cm³/mol. The molecule has 3 rings (SSSR count). The van der Waals surface area contributed by atoms with E-state index in [0.717, 1.165) is 29.8 Å². The lowest BCUT2D eigenvalue weighted by Gasteiger charge is -2.19. The van der Waals surface area contributed by atoms with Crippen molar-refractivity contribution in [1.82, 2.24) is 0 Å². The Morgan fingerprint density at radius 1 is 1.09 bits per heavy atom. The Kier molecular flexibility index (Phi) is 4.15. The summed E-state index contributed by atoms with van der Waals surface area (Å²) in [6.45, 7) is 4.64. The number of nitrogens with zero attached hydrogens (tertiary/aromatic N) is 1. The van der Waals surface area contributed by atoms with Crippen LogP contribution in [0, 0.1) is 13.8 Å². The number of aryl methyl sites for hydroxylation is 2. The third-order valence-electron chi connectivity index (χ3n) is 4.22. The van der Waals surface area contributed by atoms with Gasteiger partial charge in [0.2, 0.25) is 5.91 Å². The summed E-state index contributed by atoms with van der Waals surface area (Å²) in [6, 6.07) is 13.2. The SMILES string of the molecule is Cc1ccccc1C(=O)Nc1ccc(C)c(N2CCCC2=O)c1. The van der Waals surface area contributed by atoms with E-state index in [4.69, 9.17) is 0 Å². The third-order valence-corrected chi connectivity index (χ3v) is 4.22. The summed E-state index contributed by atoms with van der Waals surface area (Å²) in [5.41, 5.74) is 4.22. The summed E-state index contributed by atoms with van der Waals surface area (Å²) in [5, 5.41) is 2.93. The number of carbonyl (C=O) groups is 2. The molecule has 2 aromatic rings. The topological polar surface area (TPSA) is 49.4 Å². The molecule has 1 N–H and O–H groups in total. The number of benzene rings is 2. The van der Waals surface area contributed by atoms with Gasteiger partial charge in [-0.2, -0.15) is 0 Å². The molecule has 1 fully saturated rings. The van der Waals surface area contributed by atoms with Crippen molar-refractivity contribution >= 4 is 23.2 Å². The Morgan fingerprint density at radius 2 is 1.87 bits per heavy atom. The maximum Gasteiger partial charge on any atom is 0.255 e. The van der Waals surface area contributed by atoms with Gasteiger partial charge < -0.3 is 10.2 Å². The summed E-state index contributed by atoms with van der Waals surface area (Å²) in [4.78, 5) is 26.2. The van der Waals surface area contributed by atoms with Crippen molar-refractivity contribution in [2.75, 3.05) is 16.8 Å². The van der Waals surface area contributed by atoms with Crippen LogP contribution in [0.3, 0.4) is 0 Å². The second-order valence-corrected chi connectivity index (χ2v) is 5.92. The molecule has 0 unspecified atom stereocenters. The number of hydrogen-bond acceptors (Lipinski definition) is 2. The van der Waals surface area contributed by atoms with Crippen molar-refractivity contribution in [2.45, 2.75) is 26.7 Å². The summed E-state index contributed by atoms with van der Waals surface area (Å²) in [6.07, 6.45) is 1.48. The number of carbonyl (C=O) groups excluding carboxylic acids is 2. The highest BCUT2D eigenvalue weighted by Crippen LogP contribution is 2.28. The molecule has 1 heterocycles. The van der Waals surface area contributed by atoms with E-state index in [9.17, 15) is 9.59 Å². The molecule has 1 aliphatic heterocycles. The van der Waals surface area contributed by atoms with Crippen LogP contribution in [0.1, 0.15) is 34.3 Å². The Balaban J connectivity index is 1.85. The van der Waals surface area contributed by atoms with Gasteiger partial charge in [-0.15, -0.1) is 0 Å². The highest BCUT2D eigenvalue weighted by molar-refractivity contribution is 6.06. The number of anilines is 2. The zero-order valence-corrected chi connectivity index (χ0v) is 13.4. The van der Waals surface area contributed by atoms with Crippen LogP contribution in [0.5, 0.6) is 0 Å². The molecule has 0 atom stereocenters. The van der Waals surface area contributed by atoms with Crippen LogP contribution >= 0.6 is 0 Å². The summed E-state index contributed by atoms with van der Waals surface area (Å²) >= 11 is 0. The van der Waals surface area contributed by atoms with Crippen LogP contribution in [-0.4, -0.2) is 18.4 Å². The molecule has 2 aromatic carbocycles. The normalized spacial score (nSPS) is 14.2. The fourth-order valence-corrected chi connectivity index (χ4v) is 2.91. The van der Waals surface area contributed by atoms with E-state index in [1.54, 1.807) is 4.90 Å². The zero-order chi connectivity index (χ0) is 16.4. The zero-order valence-electron chi connectivity index (χ0n) is 13.4. The van der Waals surface area contributed by atoms with Crippen LogP contribution in [0.15, 0.2) is 42.5 Å². The summed E-state index contributed by atoms with van der Waals surface area (Å²) in [7, 11) is 0. The molecule has 1 saturated heterocycles. The maximum absolute atomic E-state index is 12.4. The largest absolute Gasteiger partial charge is 0.322 e. The molecule has 0 radical (unpaired) electrons. The standard InChI is InChI=1S/C19H20N2O2/c1-13-6-3-4-7-16(13)19(23)20-15-10-9-14(2)17(12-15)21-11-5-8-18(21)22/h3-4,6-7,9-10,12H,5,8,11H2,1-2H3,(H,20,23). The van der Waals surface area contributed by atoms with Gasteiger partial charge in [-0.3, -0.25) is 9.59 Å². The molecule has 0 aromatic heterocycles. The van der Waals surface area contributed by atoms with Gasteiger partial charge in [0.15, 0.2) is 0 Å². The minimum absolute atomic E-state index is 0.134. The number of rotatable bonds is 3. The lowest BCUT2D eigenvalue weighted by molar-refractivity contribution is -0.117.